The first kappa shape index (κ1) is 47.5. The zero-order valence-corrected chi connectivity index (χ0v) is 43.1. The molecule has 10 nitrogen and oxygen atoms in total. The molecule has 72 heavy (non-hydrogen) atoms. The van der Waals surface area contributed by atoms with Crippen LogP contribution in [0.25, 0.3) is 17.2 Å². The molecule has 3 fully saturated rings. The molecule has 0 aromatic heterocycles. The van der Waals surface area contributed by atoms with Gasteiger partial charge in [0.1, 0.15) is 36.1 Å². The number of nitrogens with one attached hydrogen (secondary N) is 2. The number of esters is 1. The Balaban J connectivity index is 1.07. The van der Waals surface area contributed by atoms with Crippen LogP contribution in [-0.2, 0) is 34.2 Å². The highest BCUT2D eigenvalue weighted by molar-refractivity contribution is 8.77. The maximum absolute atomic E-state index is 12.9. The Morgan fingerprint density at radius 3 is 2.74 bits per heavy atom. The molecule has 0 amide bonds. The van der Waals surface area contributed by atoms with E-state index < -0.39 is 12.0 Å². The molecule has 12 heteroatoms. The summed E-state index contributed by atoms with van der Waals surface area (Å²) >= 11 is 0. The number of rotatable bonds is 6. The van der Waals surface area contributed by atoms with Gasteiger partial charge < -0.3 is 45.5 Å². The van der Waals surface area contributed by atoms with E-state index in [-0.39, 0.29) is 53.1 Å². The summed E-state index contributed by atoms with van der Waals surface area (Å²) in [7, 11) is 5.55. The van der Waals surface area contributed by atoms with Crippen molar-refractivity contribution in [3.8, 4) is 51.7 Å². The van der Waals surface area contributed by atoms with E-state index in [4.69, 9.17) is 24.7 Å². The normalized spacial score (nSPS) is 29.7. The molecular weight excluding hydrogens is 939 g/mol. The summed E-state index contributed by atoms with van der Waals surface area (Å²) in [4.78, 5) is 12.9. The largest absolute Gasteiger partial charge is 0.508 e. The molecule has 10 unspecified atom stereocenters. The fraction of sp³-hybridized carbons (Fsp3) is 0.450. The minimum atomic E-state index is -0.645. The molecular formula is C60H65N3O7S2. The lowest BCUT2D eigenvalue weighted by Crippen LogP contribution is -2.52. The summed E-state index contributed by atoms with van der Waals surface area (Å²) in [6.45, 7) is 3.70. The van der Waals surface area contributed by atoms with Crippen LogP contribution in [0.5, 0.6) is 28.7 Å². The number of carbonyl (C=O) groups is 1. The Hall–Kier alpha value is -5.45. The number of phenols is 2. The van der Waals surface area contributed by atoms with Gasteiger partial charge >= 0.3 is 5.97 Å². The quantitative estimate of drug-likeness (QED) is 0.0712. The molecule has 6 bridgehead atoms. The highest BCUT2D eigenvalue weighted by atomic mass is 33.1. The van der Waals surface area contributed by atoms with E-state index >= 15 is 0 Å². The summed E-state index contributed by atoms with van der Waals surface area (Å²) in [6, 6.07) is 20.7. The van der Waals surface area contributed by atoms with E-state index in [0.29, 0.717) is 42.2 Å². The maximum Gasteiger partial charge on any atom is 0.302 e. The molecule has 12 rings (SSSR count). The molecule has 8 aliphatic rings. The number of benzene rings is 4. The molecule has 5 aliphatic heterocycles. The number of hydrogen-bond donors (Lipinski definition) is 5. The first-order valence-electron chi connectivity index (χ1n) is 26.2. The minimum absolute atomic E-state index is 0.0507. The lowest BCUT2D eigenvalue weighted by Gasteiger charge is -2.39. The van der Waals surface area contributed by atoms with Gasteiger partial charge in [0.25, 0.3) is 0 Å². The van der Waals surface area contributed by atoms with Crippen molar-refractivity contribution in [2.75, 3.05) is 19.5 Å². The van der Waals surface area contributed by atoms with Gasteiger partial charge in [0, 0.05) is 64.4 Å². The number of fused-ring (bicyclic) bond motifs is 11. The van der Waals surface area contributed by atoms with Crippen molar-refractivity contribution in [1.29, 1.82) is 0 Å². The molecule has 5 heterocycles. The van der Waals surface area contributed by atoms with Gasteiger partial charge in [0.15, 0.2) is 11.5 Å². The molecule has 3 aliphatic carbocycles. The van der Waals surface area contributed by atoms with E-state index in [9.17, 15) is 15.0 Å². The smallest absolute Gasteiger partial charge is 0.302 e. The van der Waals surface area contributed by atoms with Crippen LogP contribution in [0.4, 0.5) is 0 Å². The minimum Gasteiger partial charge on any atom is -0.508 e. The second-order valence-electron chi connectivity index (χ2n) is 21.6. The SMILES string of the molecule is CCC1=CC2=C(C#CCc3cc(O)c4c(c3C3Oc5c(ccc6c5C5(CCC(C2)C5)Cc2cc(O)cc(OC)c2-6)C3COC(C)=O)C=CC2NC3CCCC(CSSC(Cc5ccccc5)C2O4)C3)NC1N. The van der Waals surface area contributed by atoms with Crippen LogP contribution < -0.4 is 30.6 Å². The topological polar surface area (TPSA) is 145 Å². The van der Waals surface area contributed by atoms with Crippen molar-refractivity contribution < 1.29 is 34.0 Å². The van der Waals surface area contributed by atoms with Crippen molar-refractivity contribution in [3.05, 3.63) is 129 Å². The summed E-state index contributed by atoms with van der Waals surface area (Å²) in [5, 5.41) is 31.4. The molecule has 2 saturated carbocycles. The van der Waals surface area contributed by atoms with Crippen molar-refractivity contribution in [1.82, 2.24) is 10.6 Å². The molecule has 10 atom stereocenters. The van der Waals surface area contributed by atoms with Gasteiger partial charge in [-0.15, -0.1) is 0 Å². The lowest BCUT2D eigenvalue weighted by atomic mass is 9.65. The number of hydrogen-bond acceptors (Lipinski definition) is 12. The number of aromatic hydroxyl groups is 2. The Labute approximate surface area is 431 Å². The average molecular weight is 1000 g/mol. The third-order valence-corrected chi connectivity index (χ3v) is 20.0. The fourth-order valence-electron chi connectivity index (χ4n) is 13.8. The van der Waals surface area contributed by atoms with E-state index in [1.54, 1.807) is 13.2 Å². The molecule has 0 radical (unpaired) electrons. The number of ether oxygens (including phenoxy) is 4. The predicted molar refractivity (Wildman–Crippen MR) is 286 cm³/mol. The Kier molecular flexibility index (Phi) is 12.8. The van der Waals surface area contributed by atoms with Crippen LogP contribution in [0.3, 0.4) is 0 Å². The molecule has 6 N–H and O–H groups in total. The Bertz CT molecular complexity index is 2980. The summed E-state index contributed by atoms with van der Waals surface area (Å²) < 4.78 is 27.2. The van der Waals surface area contributed by atoms with Crippen LogP contribution >= 0.6 is 21.6 Å². The average Bonchev–Trinajstić information content (AvgIpc) is 3.88. The van der Waals surface area contributed by atoms with Gasteiger partial charge in [0.05, 0.1) is 36.2 Å². The third kappa shape index (κ3) is 8.66. The van der Waals surface area contributed by atoms with E-state index in [1.807, 2.05) is 33.7 Å². The van der Waals surface area contributed by atoms with Crippen LogP contribution in [0.1, 0.15) is 123 Å². The molecule has 1 saturated heterocycles. The first-order chi connectivity index (χ1) is 35.1. The fourth-order valence-corrected chi connectivity index (χ4v) is 17.0. The molecule has 4 aromatic rings. The number of dihydropyridines is 1. The number of allylic oxidation sites excluding steroid dienone is 3. The van der Waals surface area contributed by atoms with Gasteiger partial charge in [0.2, 0.25) is 0 Å². The predicted octanol–water partition coefficient (Wildman–Crippen LogP) is 10.9. The highest BCUT2D eigenvalue weighted by Crippen LogP contribution is 2.63. The Morgan fingerprint density at radius 2 is 1.90 bits per heavy atom. The van der Waals surface area contributed by atoms with Gasteiger partial charge in [-0.3, -0.25) is 4.79 Å². The van der Waals surface area contributed by atoms with Crippen LogP contribution in [0.15, 0.2) is 89.7 Å². The van der Waals surface area contributed by atoms with Gasteiger partial charge in [-0.05, 0) is 127 Å². The summed E-state index contributed by atoms with van der Waals surface area (Å²) in [6.07, 6.45) is 16.4. The van der Waals surface area contributed by atoms with Crippen molar-refractivity contribution in [2.24, 2.45) is 17.6 Å². The van der Waals surface area contributed by atoms with Gasteiger partial charge in [-0.2, -0.15) is 0 Å². The van der Waals surface area contributed by atoms with Crippen molar-refractivity contribution >= 4 is 33.6 Å². The second kappa shape index (κ2) is 19.4. The van der Waals surface area contributed by atoms with E-state index in [2.05, 4.69) is 90.1 Å². The number of methoxy groups -OCH3 is 1. The van der Waals surface area contributed by atoms with Gasteiger partial charge in [-0.25, -0.2) is 0 Å². The van der Waals surface area contributed by atoms with E-state index in [1.165, 1.54) is 30.9 Å². The molecule has 4 aromatic carbocycles. The standard InChI is InChI=1S/C60H65N3O7S2/c1-4-37-25-39-22-35-20-21-60(29-35)30-40-26-42(65)28-50(67-3)52(40)44-17-16-43-46(31-68-33(2)64)56(70-57(43)54(44)60)53-38(13-9-15-47(39)63-59(37)61)27-49(66)55-45(53)18-19-48-58(69-55)51(24-34-10-6-5-7-11-34)72-71-32-36-12-8-14-41(23-36)62-48/h5-7,10-11,16-19,25-28,35-36,41,46,48,51,56,58-59,62-63,65-66H,4,8,12-14,20-24,29-32,61H2,1-3H3. The number of carbonyl (C=O) groups excluding carboxylic acids is 1. The number of phenolic OH excluding ortho intramolecular Hbond substituents is 2. The monoisotopic (exact) mass is 1000 g/mol. The van der Waals surface area contributed by atoms with Crippen molar-refractivity contribution in [2.45, 2.75) is 138 Å². The summed E-state index contributed by atoms with van der Waals surface area (Å²) in [5.41, 5.74) is 18.5. The van der Waals surface area contributed by atoms with Crippen LogP contribution in [0, 0.1) is 23.7 Å². The Morgan fingerprint density at radius 1 is 1.03 bits per heavy atom. The van der Waals surface area contributed by atoms with Crippen LogP contribution in [-0.4, -0.2) is 65.3 Å². The second-order valence-corrected chi connectivity index (χ2v) is 24.2. The first-order valence-corrected chi connectivity index (χ1v) is 28.6. The van der Waals surface area contributed by atoms with Crippen molar-refractivity contribution in [3.63, 3.8) is 0 Å². The molecule has 374 valence electrons. The van der Waals surface area contributed by atoms with E-state index in [0.717, 1.165) is 119 Å². The lowest BCUT2D eigenvalue weighted by molar-refractivity contribution is -0.141. The van der Waals surface area contributed by atoms with Gasteiger partial charge in [-0.1, -0.05) is 102 Å². The molecule has 1 spiro atoms. The number of nitrogens with two attached hydrogens (primary N) is 1. The zero-order valence-electron chi connectivity index (χ0n) is 41.4. The van der Waals surface area contributed by atoms with Crippen LogP contribution in [0.2, 0.25) is 0 Å². The summed E-state index contributed by atoms with van der Waals surface area (Å²) in [5.74, 6) is 10.6. The highest BCUT2D eigenvalue weighted by Gasteiger charge is 2.52. The third-order valence-electron chi connectivity index (χ3n) is 17.0. The zero-order chi connectivity index (χ0) is 49.3. The maximum atomic E-state index is 12.9.